The minimum atomic E-state index is -0.935. The maximum Gasteiger partial charge on any atom is 0.328 e. The van der Waals surface area contributed by atoms with E-state index in [1.165, 1.54) is 6.08 Å². The van der Waals surface area contributed by atoms with Gasteiger partial charge in [-0.15, -0.1) is 11.8 Å². The summed E-state index contributed by atoms with van der Waals surface area (Å²) in [5, 5.41) is 9.06. The summed E-state index contributed by atoms with van der Waals surface area (Å²) in [6, 6.07) is 7.59. The molecule has 0 atom stereocenters. The van der Waals surface area contributed by atoms with Gasteiger partial charge in [-0.05, 0) is 24.3 Å². The van der Waals surface area contributed by atoms with Crippen molar-refractivity contribution in [1.82, 2.24) is 0 Å². The molecule has 0 aliphatic carbocycles. The number of carbonyl (C=O) groups is 1. The molecule has 1 rings (SSSR count). The molecule has 0 bridgehead atoms. The topological polar surface area (TPSA) is 37.3 Å². The van der Waals surface area contributed by atoms with Crippen molar-refractivity contribution in [3.8, 4) is 0 Å². The quantitative estimate of drug-likeness (QED) is 0.495. The number of thioether (sulfide) groups is 1. The third-order valence-electron chi connectivity index (χ3n) is 1.65. The van der Waals surface area contributed by atoms with Crippen molar-refractivity contribution in [1.29, 1.82) is 0 Å². The molecule has 0 saturated carbocycles. The zero-order valence-corrected chi connectivity index (χ0v) is 10.0. The fraction of sp³-hybridized carbons (Fsp3) is 0.0833. The zero-order valence-electron chi connectivity index (χ0n) is 8.47. The predicted octanol–water partition coefficient (Wildman–Crippen LogP) is 3.63. The van der Waals surface area contributed by atoms with Crippen molar-refractivity contribution in [2.75, 3.05) is 5.75 Å². The van der Waals surface area contributed by atoms with Crippen LogP contribution in [0.2, 0.25) is 5.02 Å². The van der Waals surface area contributed by atoms with Crippen LogP contribution in [0.25, 0.3) is 0 Å². The first-order valence-electron chi connectivity index (χ1n) is 4.63. The van der Waals surface area contributed by atoms with Gasteiger partial charge in [-0.3, -0.25) is 0 Å². The molecule has 16 heavy (non-hydrogen) atoms. The van der Waals surface area contributed by atoms with Crippen LogP contribution in [0.5, 0.6) is 0 Å². The van der Waals surface area contributed by atoms with Crippen molar-refractivity contribution in [3.63, 3.8) is 0 Å². The first-order valence-corrected chi connectivity index (χ1v) is 5.99. The second-order valence-electron chi connectivity index (χ2n) is 2.89. The monoisotopic (exact) mass is 254 g/mol. The van der Waals surface area contributed by atoms with Gasteiger partial charge in [-0.25, -0.2) is 4.79 Å². The number of halogens is 1. The van der Waals surface area contributed by atoms with Gasteiger partial charge in [0.1, 0.15) is 0 Å². The van der Waals surface area contributed by atoms with E-state index in [0.29, 0.717) is 0 Å². The van der Waals surface area contributed by atoms with E-state index in [2.05, 4.69) is 0 Å². The van der Waals surface area contributed by atoms with Crippen LogP contribution in [-0.2, 0) is 4.79 Å². The Balaban J connectivity index is 2.30. The minimum Gasteiger partial charge on any atom is -0.478 e. The van der Waals surface area contributed by atoms with Gasteiger partial charge in [0.05, 0.1) is 0 Å². The molecule has 0 saturated heterocycles. The summed E-state index contributed by atoms with van der Waals surface area (Å²) in [4.78, 5) is 11.3. The Morgan fingerprint density at radius 3 is 2.62 bits per heavy atom. The molecule has 0 radical (unpaired) electrons. The molecule has 4 heteroatoms. The van der Waals surface area contributed by atoms with Gasteiger partial charge in [0.2, 0.25) is 0 Å². The van der Waals surface area contributed by atoms with Crippen molar-refractivity contribution in [2.24, 2.45) is 0 Å². The lowest BCUT2D eigenvalue weighted by Gasteiger charge is -1.97. The number of hydrogen-bond donors (Lipinski definition) is 1. The van der Waals surface area contributed by atoms with E-state index in [0.717, 1.165) is 21.7 Å². The third-order valence-corrected chi connectivity index (χ3v) is 2.86. The Morgan fingerprint density at radius 1 is 1.31 bits per heavy atom. The highest BCUT2D eigenvalue weighted by molar-refractivity contribution is 7.99. The molecule has 0 unspecified atom stereocenters. The number of aliphatic carboxylic acids is 1. The largest absolute Gasteiger partial charge is 0.478 e. The third kappa shape index (κ3) is 5.63. The summed E-state index contributed by atoms with van der Waals surface area (Å²) >= 11 is 7.42. The van der Waals surface area contributed by atoms with Gasteiger partial charge >= 0.3 is 5.97 Å². The van der Waals surface area contributed by atoms with Crippen LogP contribution in [0, 0.1) is 0 Å². The minimum absolute atomic E-state index is 0.726. The molecule has 0 aromatic heterocycles. The summed E-state index contributed by atoms with van der Waals surface area (Å²) < 4.78 is 0. The maximum absolute atomic E-state index is 10.1. The van der Waals surface area contributed by atoms with Crippen molar-refractivity contribution < 1.29 is 9.90 Å². The van der Waals surface area contributed by atoms with Gasteiger partial charge in [0.25, 0.3) is 0 Å². The van der Waals surface area contributed by atoms with Crippen LogP contribution in [0.3, 0.4) is 0 Å². The number of hydrogen-bond acceptors (Lipinski definition) is 2. The molecule has 0 aliphatic heterocycles. The predicted molar refractivity (Wildman–Crippen MR) is 68.1 cm³/mol. The Hall–Kier alpha value is -1.19. The fourth-order valence-corrected chi connectivity index (χ4v) is 1.80. The first kappa shape index (κ1) is 12.9. The van der Waals surface area contributed by atoms with Gasteiger partial charge < -0.3 is 5.11 Å². The normalized spacial score (nSPS) is 11.3. The molecule has 0 heterocycles. The summed E-state index contributed by atoms with van der Waals surface area (Å²) in [5.41, 5.74) is 0. The average molecular weight is 255 g/mol. The molecule has 2 nitrogen and oxygen atoms in total. The van der Waals surface area contributed by atoms with Gasteiger partial charge in [0, 0.05) is 21.7 Å². The summed E-state index contributed by atoms with van der Waals surface area (Å²) in [7, 11) is 0. The summed E-state index contributed by atoms with van der Waals surface area (Å²) in [5.74, 6) is -0.138. The second kappa shape index (κ2) is 7.14. The van der Waals surface area contributed by atoms with E-state index < -0.39 is 5.97 Å². The van der Waals surface area contributed by atoms with Crippen LogP contribution in [0.4, 0.5) is 0 Å². The highest BCUT2D eigenvalue weighted by Gasteiger charge is 1.91. The number of allylic oxidation sites excluding steroid dienone is 2. The maximum atomic E-state index is 10.1. The average Bonchev–Trinajstić information content (AvgIpc) is 2.25. The van der Waals surface area contributed by atoms with Gasteiger partial charge in [-0.2, -0.15) is 0 Å². The highest BCUT2D eigenvalue weighted by atomic mass is 35.5. The fourth-order valence-electron chi connectivity index (χ4n) is 0.947. The van der Waals surface area contributed by atoms with E-state index in [4.69, 9.17) is 16.7 Å². The summed E-state index contributed by atoms with van der Waals surface area (Å²) in [6.45, 7) is 0. The summed E-state index contributed by atoms with van der Waals surface area (Å²) in [6.07, 6.45) is 6.23. The molecule has 0 spiro atoms. The molecular weight excluding hydrogens is 244 g/mol. The number of rotatable bonds is 5. The SMILES string of the molecule is O=C(O)C=CC=CCSc1ccc(Cl)cc1. The Labute approximate surface area is 104 Å². The van der Waals surface area contributed by atoms with Crippen molar-refractivity contribution in [2.45, 2.75) is 4.90 Å². The molecular formula is C12H11ClO2S. The van der Waals surface area contributed by atoms with Crippen LogP contribution in [0.1, 0.15) is 0 Å². The van der Waals surface area contributed by atoms with Crippen LogP contribution >= 0.6 is 23.4 Å². The van der Waals surface area contributed by atoms with Crippen molar-refractivity contribution in [3.05, 3.63) is 53.6 Å². The van der Waals surface area contributed by atoms with E-state index >= 15 is 0 Å². The van der Waals surface area contributed by atoms with E-state index in [-0.39, 0.29) is 0 Å². The Kier molecular flexibility index (Phi) is 5.75. The first-order chi connectivity index (χ1) is 7.68. The number of carboxylic acid groups (broad SMARTS) is 1. The number of carboxylic acids is 1. The lowest BCUT2D eigenvalue weighted by atomic mass is 10.4. The zero-order chi connectivity index (χ0) is 11.8. The Bertz CT molecular complexity index is 396. The Morgan fingerprint density at radius 2 is 2.00 bits per heavy atom. The van der Waals surface area contributed by atoms with Gasteiger partial charge in [0.15, 0.2) is 0 Å². The lowest BCUT2D eigenvalue weighted by Crippen LogP contribution is -1.84. The van der Waals surface area contributed by atoms with Crippen LogP contribution in [-0.4, -0.2) is 16.8 Å². The van der Waals surface area contributed by atoms with Gasteiger partial charge in [-0.1, -0.05) is 29.8 Å². The molecule has 0 aliphatic rings. The highest BCUT2D eigenvalue weighted by Crippen LogP contribution is 2.20. The van der Waals surface area contributed by atoms with Crippen molar-refractivity contribution >= 4 is 29.3 Å². The molecule has 0 amide bonds. The van der Waals surface area contributed by atoms with Crippen LogP contribution < -0.4 is 0 Å². The van der Waals surface area contributed by atoms with E-state index in [9.17, 15) is 4.79 Å². The molecule has 1 aromatic rings. The van der Waals surface area contributed by atoms with E-state index in [1.807, 2.05) is 30.3 Å². The second-order valence-corrected chi connectivity index (χ2v) is 4.42. The van der Waals surface area contributed by atoms with E-state index in [1.54, 1.807) is 17.8 Å². The molecule has 0 fully saturated rings. The lowest BCUT2D eigenvalue weighted by molar-refractivity contribution is -0.131. The smallest absolute Gasteiger partial charge is 0.328 e. The molecule has 84 valence electrons. The standard InChI is InChI=1S/C12H11ClO2S/c13-10-5-7-11(8-6-10)16-9-3-1-2-4-12(14)15/h1-8H,9H2,(H,14,15). The van der Waals surface area contributed by atoms with Crippen LogP contribution in [0.15, 0.2) is 53.5 Å². The molecule has 1 aromatic carbocycles. The molecule has 1 N–H and O–H groups in total. The number of benzene rings is 1.